The number of hydrogen-bond acceptors (Lipinski definition) is 11. The van der Waals surface area contributed by atoms with Gasteiger partial charge in [-0.2, -0.15) is 0 Å². The van der Waals surface area contributed by atoms with Crippen LogP contribution in [-0.4, -0.2) is 139 Å². The number of nitrogens with zero attached hydrogens (tertiary/aromatic N) is 3. The van der Waals surface area contributed by atoms with Gasteiger partial charge in [0.1, 0.15) is 36.3 Å². The van der Waals surface area contributed by atoms with Crippen LogP contribution < -0.4 is 43.0 Å². The van der Waals surface area contributed by atoms with E-state index >= 15 is 0 Å². The molecule has 0 aliphatic carbocycles. The molecule has 4 heterocycles. The van der Waals surface area contributed by atoms with Gasteiger partial charge in [-0.1, -0.05) is 92.7 Å². The van der Waals surface area contributed by atoms with Crippen molar-refractivity contribution >= 4 is 58.2 Å². The Balaban J connectivity index is 0.981. The maximum atomic E-state index is 14.4. The highest BCUT2D eigenvalue weighted by Crippen LogP contribution is 2.21. The maximum Gasteiger partial charge on any atom is 0.245 e. The Morgan fingerprint density at radius 2 is 1.18 bits per heavy atom. The molecule has 22 nitrogen and oxygen atoms in total. The monoisotopic (exact) mass is 1080 g/mol. The molecule has 8 atom stereocenters. The van der Waals surface area contributed by atoms with Gasteiger partial charge in [0.05, 0.1) is 18.7 Å². The highest BCUT2D eigenvalue weighted by atomic mass is 16.2. The Morgan fingerprint density at radius 3 is 1.81 bits per heavy atom. The Kier molecular flexibility index (Phi) is 20.6. The molecular weight excluding hydrogens is 1010 g/mol. The number of likely N-dealkylation sites (tertiary alicyclic amines) is 1. The van der Waals surface area contributed by atoms with Gasteiger partial charge in [0.15, 0.2) is 0 Å². The molecule has 418 valence electrons. The predicted octanol–water partition coefficient (Wildman–Crippen LogP) is 1.56. The molecule has 3 aromatic carbocycles. The fraction of sp³-hybridized carbons (Fsp3) is 0.404. The summed E-state index contributed by atoms with van der Waals surface area (Å²) in [5, 5.41) is 20.7. The third kappa shape index (κ3) is 16.7. The molecule has 79 heavy (non-hydrogen) atoms. The van der Waals surface area contributed by atoms with Crippen LogP contribution in [0.25, 0.3) is 10.9 Å². The molecule has 1 aliphatic heterocycles. The standard InChI is InChI=1S/C57H72N14O8/c1-34(2)50(56(78)66-35(3)52(74)69-48(27-41-30-60-33-64-41)57(79)71-23-13-18-42(71)31-62-45(51(58)73)24-38-16-9-6-10-17-38)70-53(75)36(4)65-54(76)46(25-39-28-61-44-20-12-11-19-43(39)44)68-55(77)47(26-40-29-59-32-63-40)67-49(72)22-21-37-14-7-5-8-15-37/h5-12,14-17,19-20,28-30,32-36,42,45-48,50,61-62H,13,18,21-27,31H2,1-4H3,(H2,58,73)(H,59,63)(H,60,64)(H,65,76)(H,66,78)(H,67,72)(H,68,77)(H,69,74)(H,70,75)/t35-,36-,42-,45-,46-,47-,48-,50-/m0/s1. The summed E-state index contributed by atoms with van der Waals surface area (Å²) in [5.41, 5.74) is 10.3. The fourth-order valence-corrected chi connectivity index (χ4v) is 9.61. The summed E-state index contributed by atoms with van der Waals surface area (Å²) in [7, 11) is 0. The molecule has 8 amide bonds. The molecule has 3 aromatic heterocycles. The van der Waals surface area contributed by atoms with Crippen molar-refractivity contribution in [3.8, 4) is 0 Å². The zero-order chi connectivity index (χ0) is 56.4. The molecule has 0 radical (unpaired) electrons. The number of imidazole rings is 2. The first kappa shape index (κ1) is 58.0. The van der Waals surface area contributed by atoms with E-state index in [0.29, 0.717) is 55.7 Å². The molecule has 0 spiro atoms. The lowest BCUT2D eigenvalue weighted by atomic mass is 10.0. The number of aryl methyl sites for hydroxylation is 1. The number of primary amides is 1. The van der Waals surface area contributed by atoms with Crippen molar-refractivity contribution in [2.24, 2.45) is 11.7 Å². The molecule has 1 fully saturated rings. The van der Waals surface area contributed by atoms with Crippen LogP contribution in [0.15, 0.2) is 116 Å². The number of aromatic amines is 3. The van der Waals surface area contributed by atoms with Crippen molar-refractivity contribution in [3.63, 3.8) is 0 Å². The first-order valence-electron chi connectivity index (χ1n) is 26.7. The van der Waals surface area contributed by atoms with E-state index in [1.807, 2.05) is 84.9 Å². The molecular formula is C57H72N14O8. The second-order valence-electron chi connectivity index (χ2n) is 20.4. The topological polar surface area (TPSA) is 323 Å². The highest BCUT2D eigenvalue weighted by Gasteiger charge is 2.37. The van der Waals surface area contributed by atoms with Crippen LogP contribution in [0.2, 0.25) is 0 Å². The van der Waals surface area contributed by atoms with Gasteiger partial charge in [0.2, 0.25) is 47.3 Å². The number of hydrogen-bond donors (Lipinski definition) is 11. The summed E-state index contributed by atoms with van der Waals surface area (Å²) in [4.78, 5) is 130. The van der Waals surface area contributed by atoms with Crippen LogP contribution in [0.4, 0.5) is 0 Å². The van der Waals surface area contributed by atoms with Crippen LogP contribution >= 0.6 is 0 Å². The smallest absolute Gasteiger partial charge is 0.245 e. The SMILES string of the molecule is CC(C)[C@H](NC(=O)[C@H](C)NC(=O)[C@H](Cc1c[nH]c2ccccc12)NC(=O)[C@H](Cc1cnc[nH]1)NC(=O)CCc1ccccc1)C(=O)N[C@@H](C)C(=O)N[C@@H](Cc1cnc[nH]1)C(=O)N1CCC[C@H]1CN[C@@H](Cc1ccccc1)C(N)=O. The number of para-hydroxylation sites is 1. The summed E-state index contributed by atoms with van der Waals surface area (Å²) in [6.45, 7) is 7.03. The van der Waals surface area contributed by atoms with Crippen molar-refractivity contribution in [3.05, 3.63) is 144 Å². The van der Waals surface area contributed by atoms with E-state index in [9.17, 15) is 38.4 Å². The number of carbonyl (C=O) groups is 8. The first-order chi connectivity index (χ1) is 38.0. The van der Waals surface area contributed by atoms with Crippen LogP contribution in [0.3, 0.4) is 0 Å². The molecule has 7 rings (SSSR count). The second kappa shape index (κ2) is 28.1. The van der Waals surface area contributed by atoms with Gasteiger partial charge < -0.3 is 62.8 Å². The fourth-order valence-electron chi connectivity index (χ4n) is 9.61. The predicted molar refractivity (Wildman–Crippen MR) is 295 cm³/mol. The van der Waals surface area contributed by atoms with E-state index in [4.69, 9.17) is 5.73 Å². The number of amides is 8. The van der Waals surface area contributed by atoms with Crippen LogP contribution in [0, 0.1) is 5.92 Å². The summed E-state index contributed by atoms with van der Waals surface area (Å²) >= 11 is 0. The van der Waals surface area contributed by atoms with Crippen LogP contribution in [0.5, 0.6) is 0 Å². The van der Waals surface area contributed by atoms with E-state index in [0.717, 1.165) is 22.0 Å². The lowest BCUT2D eigenvalue weighted by molar-refractivity contribution is -0.138. The molecule has 1 aliphatic rings. The first-order valence-corrected chi connectivity index (χ1v) is 26.7. The molecule has 22 heteroatoms. The molecule has 0 saturated carbocycles. The summed E-state index contributed by atoms with van der Waals surface area (Å²) < 4.78 is 0. The third-order valence-corrected chi connectivity index (χ3v) is 14.1. The quantitative estimate of drug-likeness (QED) is 0.0335. The Bertz CT molecular complexity index is 2990. The minimum Gasteiger partial charge on any atom is -0.368 e. The van der Waals surface area contributed by atoms with E-state index in [1.165, 1.54) is 26.5 Å². The van der Waals surface area contributed by atoms with E-state index < -0.39 is 83.7 Å². The van der Waals surface area contributed by atoms with Gasteiger partial charge >= 0.3 is 0 Å². The van der Waals surface area contributed by atoms with Gasteiger partial charge in [-0.15, -0.1) is 0 Å². The molecule has 1 saturated heterocycles. The second-order valence-corrected chi connectivity index (χ2v) is 20.4. The van der Waals surface area contributed by atoms with Crippen molar-refractivity contribution in [2.45, 2.75) is 127 Å². The van der Waals surface area contributed by atoms with Crippen LogP contribution in [0.1, 0.15) is 75.0 Å². The number of fused-ring (bicyclic) bond motifs is 1. The average Bonchev–Trinajstić information content (AvgIpc) is 4.31. The largest absolute Gasteiger partial charge is 0.368 e. The average molecular weight is 1080 g/mol. The zero-order valence-corrected chi connectivity index (χ0v) is 44.9. The summed E-state index contributed by atoms with van der Waals surface area (Å²) in [6.07, 6.45) is 10.2. The number of nitrogens with two attached hydrogens (primary N) is 1. The molecule has 0 unspecified atom stereocenters. The highest BCUT2D eigenvalue weighted by molar-refractivity contribution is 5.97. The number of H-pyrrole nitrogens is 3. The van der Waals surface area contributed by atoms with Gasteiger partial charge in [0, 0.05) is 85.7 Å². The van der Waals surface area contributed by atoms with E-state index in [-0.39, 0.29) is 43.5 Å². The molecule has 0 bridgehead atoms. The summed E-state index contributed by atoms with van der Waals surface area (Å²) in [6, 6.07) is 18.4. The third-order valence-electron chi connectivity index (χ3n) is 14.1. The Morgan fingerprint density at radius 1 is 0.608 bits per heavy atom. The van der Waals surface area contributed by atoms with E-state index in [2.05, 4.69) is 62.1 Å². The van der Waals surface area contributed by atoms with E-state index in [1.54, 1.807) is 37.3 Å². The number of benzene rings is 3. The number of aromatic nitrogens is 5. The normalized spacial score (nSPS) is 15.9. The van der Waals surface area contributed by atoms with Gasteiger partial charge in [0.25, 0.3) is 0 Å². The lowest BCUT2D eigenvalue weighted by Crippen LogP contribution is -2.60. The minimum absolute atomic E-state index is 0.00235. The molecule has 6 aromatic rings. The van der Waals surface area contributed by atoms with Crippen LogP contribution in [-0.2, 0) is 70.5 Å². The number of carbonyl (C=O) groups excluding carboxylic acids is 8. The van der Waals surface area contributed by atoms with Crippen molar-refractivity contribution in [2.75, 3.05) is 13.1 Å². The minimum atomic E-state index is -1.24. The Labute approximate surface area is 458 Å². The zero-order valence-electron chi connectivity index (χ0n) is 44.9. The lowest BCUT2D eigenvalue weighted by Gasteiger charge is -2.31. The number of nitrogens with one attached hydrogen (secondary N) is 10. The number of rotatable bonds is 28. The summed E-state index contributed by atoms with van der Waals surface area (Å²) in [5.74, 6) is -5.16. The van der Waals surface area contributed by atoms with Crippen molar-refractivity contribution in [1.29, 1.82) is 0 Å². The molecule has 12 N–H and O–H groups in total. The van der Waals surface area contributed by atoms with Crippen molar-refractivity contribution < 1.29 is 38.4 Å². The van der Waals surface area contributed by atoms with Gasteiger partial charge in [-0.25, -0.2) is 9.97 Å². The maximum absolute atomic E-state index is 14.4. The van der Waals surface area contributed by atoms with Crippen molar-refractivity contribution in [1.82, 2.24) is 67.0 Å². The van der Waals surface area contributed by atoms with Gasteiger partial charge in [-0.3, -0.25) is 38.4 Å². The van der Waals surface area contributed by atoms with Gasteiger partial charge in [-0.05, 0) is 68.2 Å². The Hall–Kier alpha value is -8.66.